The summed E-state index contributed by atoms with van der Waals surface area (Å²) in [6, 6.07) is 9.64. The highest BCUT2D eigenvalue weighted by Gasteiger charge is 2.57. The van der Waals surface area contributed by atoms with Crippen LogP contribution in [0.15, 0.2) is 47.3 Å². The van der Waals surface area contributed by atoms with E-state index in [2.05, 4.69) is 5.32 Å². The molecule has 0 radical (unpaired) electrons. The van der Waals surface area contributed by atoms with Crippen molar-refractivity contribution in [1.29, 1.82) is 0 Å². The van der Waals surface area contributed by atoms with Gasteiger partial charge in [-0.3, -0.25) is 14.4 Å². The molecule has 1 aromatic carbocycles. The Morgan fingerprint density at radius 2 is 1.94 bits per heavy atom. The zero-order chi connectivity index (χ0) is 23.0. The number of amides is 2. The van der Waals surface area contributed by atoms with Gasteiger partial charge in [0, 0.05) is 48.9 Å². The van der Waals surface area contributed by atoms with Gasteiger partial charge >= 0.3 is 0 Å². The number of benzene rings is 1. The molecule has 4 rings (SSSR count). The van der Waals surface area contributed by atoms with E-state index in [1.807, 2.05) is 0 Å². The summed E-state index contributed by atoms with van der Waals surface area (Å²) in [5.41, 5.74) is 0.828. The number of aliphatic hydroxyl groups is 1. The fourth-order valence-corrected chi connectivity index (χ4v) is 5.00. The van der Waals surface area contributed by atoms with Crippen molar-refractivity contribution in [1.82, 2.24) is 19.7 Å². The fraction of sp³-hybridized carbons (Fsp3) is 0.435. The number of halogens is 1. The van der Waals surface area contributed by atoms with Gasteiger partial charge in [-0.05, 0) is 26.2 Å². The smallest absolute Gasteiger partial charge is 0.250 e. The largest absolute Gasteiger partial charge is 0.396 e. The first-order valence-corrected chi connectivity index (χ1v) is 10.6. The highest BCUT2D eigenvalue weighted by Crippen LogP contribution is 2.49. The SMILES string of the molecule is CN(C)CC(=O)N1[C@@H]2c3cccc(=O)n3C[C@@H]2[C@@H](CO)[C@@H]1C(=O)NCc1ccccc1F. The topological polar surface area (TPSA) is 94.9 Å². The first-order chi connectivity index (χ1) is 15.3. The number of carbonyl (C=O) groups excluding carboxylic acids is 2. The molecule has 2 amide bonds. The van der Waals surface area contributed by atoms with Crippen molar-refractivity contribution in [2.45, 2.75) is 25.2 Å². The number of aliphatic hydroxyl groups excluding tert-OH is 1. The molecule has 4 atom stereocenters. The summed E-state index contributed by atoms with van der Waals surface area (Å²) in [5, 5.41) is 13.0. The Kier molecular flexibility index (Phi) is 6.12. The van der Waals surface area contributed by atoms with Gasteiger partial charge in [0.15, 0.2) is 0 Å². The summed E-state index contributed by atoms with van der Waals surface area (Å²) < 4.78 is 15.6. The number of hydrogen-bond acceptors (Lipinski definition) is 5. The molecule has 0 bridgehead atoms. The van der Waals surface area contributed by atoms with Gasteiger partial charge in [0.05, 0.1) is 12.6 Å². The summed E-state index contributed by atoms with van der Waals surface area (Å²) in [5.74, 6) is -1.96. The van der Waals surface area contributed by atoms with Crippen LogP contribution in [0.25, 0.3) is 0 Å². The van der Waals surface area contributed by atoms with E-state index in [0.717, 1.165) is 0 Å². The predicted molar refractivity (Wildman–Crippen MR) is 115 cm³/mol. The van der Waals surface area contributed by atoms with Gasteiger partial charge in [-0.1, -0.05) is 24.3 Å². The van der Waals surface area contributed by atoms with Crippen molar-refractivity contribution >= 4 is 11.8 Å². The summed E-state index contributed by atoms with van der Waals surface area (Å²) >= 11 is 0. The Morgan fingerprint density at radius 3 is 2.62 bits per heavy atom. The minimum absolute atomic E-state index is 0.0265. The van der Waals surface area contributed by atoms with Crippen LogP contribution >= 0.6 is 0 Å². The van der Waals surface area contributed by atoms with Crippen LogP contribution in [0.4, 0.5) is 4.39 Å². The van der Waals surface area contributed by atoms with Gasteiger partial charge in [0.25, 0.3) is 5.56 Å². The third kappa shape index (κ3) is 3.82. The molecule has 2 aliphatic heterocycles. The third-order valence-corrected chi connectivity index (χ3v) is 6.37. The van der Waals surface area contributed by atoms with Crippen LogP contribution in [0.5, 0.6) is 0 Å². The van der Waals surface area contributed by atoms with Crippen LogP contribution < -0.4 is 10.9 Å². The number of pyridine rings is 1. The number of likely N-dealkylation sites (tertiary alicyclic amines) is 1. The van der Waals surface area contributed by atoms with Crippen molar-refractivity contribution in [3.8, 4) is 0 Å². The van der Waals surface area contributed by atoms with Gasteiger partial charge in [-0.25, -0.2) is 4.39 Å². The van der Waals surface area contributed by atoms with E-state index >= 15 is 0 Å². The monoisotopic (exact) mass is 442 g/mol. The van der Waals surface area contributed by atoms with E-state index in [4.69, 9.17) is 0 Å². The van der Waals surface area contributed by atoms with E-state index in [1.54, 1.807) is 53.9 Å². The average Bonchev–Trinajstić information content (AvgIpc) is 3.28. The predicted octanol–water partition coefficient (Wildman–Crippen LogP) is 0.356. The Labute approximate surface area is 185 Å². The molecule has 0 unspecified atom stereocenters. The minimum Gasteiger partial charge on any atom is -0.396 e. The number of likely N-dealkylation sites (N-methyl/N-ethyl adjacent to an activating group) is 1. The Morgan fingerprint density at radius 1 is 1.19 bits per heavy atom. The summed E-state index contributed by atoms with van der Waals surface area (Å²) in [6.07, 6.45) is 0. The van der Waals surface area contributed by atoms with E-state index in [9.17, 15) is 23.9 Å². The van der Waals surface area contributed by atoms with Gasteiger partial charge in [0.1, 0.15) is 11.9 Å². The van der Waals surface area contributed by atoms with Crippen molar-refractivity contribution in [2.24, 2.45) is 11.8 Å². The second kappa shape index (κ2) is 8.84. The van der Waals surface area contributed by atoms with Crippen LogP contribution in [-0.2, 0) is 22.7 Å². The molecule has 0 aliphatic carbocycles. The molecule has 0 spiro atoms. The van der Waals surface area contributed by atoms with E-state index < -0.39 is 29.7 Å². The Bertz CT molecular complexity index is 1090. The molecule has 1 saturated heterocycles. The zero-order valence-corrected chi connectivity index (χ0v) is 18.1. The molecule has 32 heavy (non-hydrogen) atoms. The number of aromatic nitrogens is 1. The van der Waals surface area contributed by atoms with E-state index in [-0.39, 0.29) is 37.1 Å². The second-order valence-corrected chi connectivity index (χ2v) is 8.65. The molecule has 1 fully saturated rings. The van der Waals surface area contributed by atoms with Gasteiger partial charge in [-0.2, -0.15) is 0 Å². The normalized spacial score (nSPS) is 23.8. The molecule has 2 aliphatic rings. The molecule has 2 aromatic rings. The average molecular weight is 442 g/mol. The highest BCUT2D eigenvalue weighted by atomic mass is 19.1. The fourth-order valence-electron chi connectivity index (χ4n) is 5.00. The van der Waals surface area contributed by atoms with E-state index in [0.29, 0.717) is 17.8 Å². The van der Waals surface area contributed by atoms with Gasteiger partial charge in [-0.15, -0.1) is 0 Å². The maximum Gasteiger partial charge on any atom is 0.250 e. The number of nitrogens with one attached hydrogen (secondary N) is 1. The lowest BCUT2D eigenvalue weighted by Crippen LogP contribution is -2.52. The molecule has 0 saturated carbocycles. The van der Waals surface area contributed by atoms with Crippen molar-refractivity contribution in [2.75, 3.05) is 27.2 Å². The summed E-state index contributed by atoms with van der Waals surface area (Å²) in [4.78, 5) is 42.2. The van der Waals surface area contributed by atoms with Crippen LogP contribution in [0.2, 0.25) is 0 Å². The van der Waals surface area contributed by atoms with Crippen LogP contribution in [0, 0.1) is 17.7 Å². The molecular formula is C23H27FN4O4. The number of carbonyl (C=O) groups is 2. The Balaban J connectivity index is 1.68. The molecule has 1 aromatic heterocycles. The lowest BCUT2D eigenvalue weighted by Gasteiger charge is -2.31. The summed E-state index contributed by atoms with van der Waals surface area (Å²) in [7, 11) is 3.52. The standard InChI is InChI=1S/C23H27FN4O4/c1-26(2)12-20(31)28-21-15(11-27-18(21)8-5-9-19(27)30)16(13-29)22(28)23(32)25-10-14-6-3-4-7-17(14)24/h3-9,15-16,21-22,29H,10-13H2,1-2H3,(H,25,32)/t15-,16-,21+,22-/m1/s1. The van der Waals surface area contributed by atoms with Gasteiger partial charge in [0.2, 0.25) is 11.8 Å². The molecular weight excluding hydrogens is 415 g/mol. The molecule has 2 N–H and O–H groups in total. The molecule has 8 nitrogen and oxygen atoms in total. The first-order valence-electron chi connectivity index (χ1n) is 10.6. The van der Waals surface area contributed by atoms with Crippen LogP contribution in [0.1, 0.15) is 17.3 Å². The molecule has 3 heterocycles. The van der Waals surface area contributed by atoms with Crippen LogP contribution in [0.3, 0.4) is 0 Å². The Hall–Kier alpha value is -3.04. The second-order valence-electron chi connectivity index (χ2n) is 8.65. The maximum absolute atomic E-state index is 14.0. The summed E-state index contributed by atoms with van der Waals surface area (Å²) in [6.45, 7) is 0.0674. The number of nitrogens with zero attached hydrogens (tertiary/aromatic N) is 3. The number of rotatable bonds is 6. The third-order valence-electron chi connectivity index (χ3n) is 6.37. The number of hydrogen-bond donors (Lipinski definition) is 2. The lowest BCUT2D eigenvalue weighted by molar-refractivity contribution is -0.142. The number of fused-ring (bicyclic) bond motifs is 3. The lowest BCUT2D eigenvalue weighted by atomic mass is 9.88. The van der Waals surface area contributed by atoms with Crippen molar-refractivity contribution in [3.63, 3.8) is 0 Å². The van der Waals surface area contributed by atoms with E-state index in [1.165, 1.54) is 17.0 Å². The van der Waals surface area contributed by atoms with Crippen molar-refractivity contribution in [3.05, 3.63) is 69.9 Å². The first kappa shape index (κ1) is 22.2. The zero-order valence-electron chi connectivity index (χ0n) is 18.1. The minimum atomic E-state index is -0.918. The highest BCUT2D eigenvalue weighted by molar-refractivity contribution is 5.90. The van der Waals surface area contributed by atoms with Crippen LogP contribution in [-0.4, -0.2) is 64.6 Å². The van der Waals surface area contributed by atoms with Gasteiger partial charge < -0.3 is 24.8 Å². The maximum atomic E-state index is 14.0. The molecule has 9 heteroatoms. The quantitative estimate of drug-likeness (QED) is 0.674. The van der Waals surface area contributed by atoms with Crippen molar-refractivity contribution < 1.29 is 19.1 Å². The molecule has 170 valence electrons.